The second-order valence-electron chi connectivity index (χ2n) is 6.34. The third-order valence-electron chi connectivity index (χ3n) is 4.62. The molecule has 0 saturated carbocycles. The molecule has 1 saturated heterocycles. The summed E-state index contributed by atoms with van der Waals surface area (Å²) < 4.78 is 24.2. The highest BCUT2D eigenvalue weighted by Crippen LogP contribution is 2.26. The largest absolute Gasteiger partial charge is 0.494 e. The van der Waals surface area contributed by atoms with E-state index in [9.17, 15) is 4.39 Å². The van der Waals surface area contributed by atoms with E-state index in [2.05, 4.69) is 24.9 Å². The van der Waals surface area contributed by atoms with E-state index in [1.165, 1.54) is 13.2 Å². The Morgan fingerprint density at radius 2 is 1.85 bits per heavy atom. The van der Waals surface area contributed by atoms with Crippen LogP contribution >= 0.6 is 0 Å². The number of ether oxygens (including phenoxy) is 1. The number of piperazine rings is 1. The van der Waals surface area contributed by atoms with Gasteiger partial charge in [0.25, 0.3) is 5.89 Å². The lowest BCUT2D eigenvalue weighted by Crippen LogP contribution is -2.46. The van der Waals surface area contributed by atoms with Gasteiger partial charge in [0, 0.05) is 49.7 Å². The van der Waals surface area contributed by atoms with Crippen molar-refractivity contribution in [3.8, 4) is 17.2 Å². The molecule has 8 heteroatoms. The molecule has 3 heterocycles. The Balaban J connectivity index is 1.46. The zero-order valence-corrected chi connectivity index (χ0v) is 15.2. The Hall–Kier alpha value is -3.16. The predicted molar refractivity (Wildman–Crippen MR) is 99.6 cm³/mol. The smallest absolute Gasteiger partial charge is 0.258 e. The second kappa shape index (κ2) is 7.22. The van der Waals surface area contributed by atoms with Crippen LogP contribution in [-0.2, 0) is 0 Å². The first-order valence-corrected chi connectivity index (χ1v) is 8.74. The van der Waals surface area contributed by atoms with E-state index >= 15 is 0 Å². The molecule has 7 nitrogen and oxygen atoms in total. The highest BCUT2D eigenvalue weighted by Gasteiger charge is 2.20. The van der Waals surface area contributed by atoms with Crippen molar-refractivity contribution in [1.82, 2.24) is 15.1 Å². The maximum Gasteiger partial charge on any atom is 0.258 e. The Morgan fingerprint density at radius 1 is 1.07 bits per heavy atom. The molecule has 0 amide bonds. The van der Waals surface area contributed by atoms with Crippen LogP contribution in [0.4, 0.5) is 15.9 Å². The standard InChI is InChI=1S/C19H20FN5O2/c1-13-22-19(27-23-13)14-5-6-21-18(11-14)25-9-7-24(8-10-25)15-3-4-17(26-2)16(20)12-15/h3-6,11-12H,7-10H2,1-2H3. The van der Waals surface area contributed by atoms with Gasteiger partial charge in [-0.2, -0.15) is 4.98 Å². The first-order valence-electron chi connectivity index (χ1n) is 8.74. The topological polar surface area (TPSA) is 67.5 Å². The van der Waals surface area contributed by atoms with Crippen molar-refractivity contribution in [2.24, 2.45) is 0 Å². The fourth-order valence-electron chi connectivity index (χ4n) is 3.18. The van der Waals surface area contributed by atoms with Gasteiger partial charge in [0.05, 0.1) is 7.11 Å². The molecule has 0 bridgehead atoms. The van der Waals surface area contributed by atoms with E-state index < -0.39 is 0 Å². The summed E-state index contributed by atoms with van der Waals surface area (Å²) in [4.78, 5) is 13.1. The van der Waals surface area contributed by atoms with Crippen LogP contribution in [0.15, 0.2) is 41.1 Å². The molecule has 4 rings (SSSR count). The summed E-state index contributed by atoms with van der Waals surface area (Å²) in [5, 5.41) is 3.83. The normalized spacial score (nSPS) is 14.5. The number of hydrogen-bond donors (Lipinski definition) is 0. The van der Waals surface area contributed by atoms with Crippen LogP contribution in [0.3, 0.4) is 0 Å². The lowest BCUT2D eigenvalue weighted by molar-refractivity contribution is 0.386. The van der Waals surface area contributed by atoms with Crippen LogP contribution in [0.1, 0.15) is 5.82 Å². The zero-order chi connectivity index (χ0) is 18.8. The molecule has 0 N–H and O–H groups in total. The monoisotopic (exact) mass is 369 g/mol. The Labute approximate surface area is 156 Å². The molecule has 1 fully saturated rings. The molecule has 1 aromatic carbocycles. The van der Waals surface area contributed by atoms with Crippen molar-refractivity contribution in [2.75, 3.05) is 43.1 Å². The van der Waals surface area contributed by atoms with Gasteiger partial charge in [-0.1, -0.05) is 5.16 Å². The number of anilines is 2. The molecule has 0 radical (unpaired) electrons. The summed E-state index contributed by atoms with van der Waals surface area (Å²) >= 11 is 0. The van der Waals surface area contributed by atoms with Crippen molar-refractivity contribution in [1.29, 1.82) is 0 Å². The van der Waals surface area contributed by atoms with Crippen molar-refractivity contribution in [3.63, 3.8) is 0 Å². The Kier molecular flexibility index (Phi) is 4.62. The fourth-order valence-corrected chi connectivity index (χ4v) is 3.18. The van der Waals surface area contributed by atoms with Gasteiger partial charge in [-0.05, 0) is 31.2 Å². The number of aryl methyl sites for hydroxylation is 1. The molecule has 140 valence electrons. The van der Waals surface area contributed by atoms with Crippen LogP contribution < -0.4 is 14.5 Å². The summed E-state index contributed by atoms with van der Waals surface area (Å²) in [5.74, 6) is 1.87. The lowest BCUT2D eigenvalue weighted by atomic mass is 10.2. The average Bonchev–Trinajstić information content (AvgIpc) is 3.14. The number of pyridine rings is 1. The van der Waals surface area contributed by atoms with Crippen LogP contribution in [-0.4, -0.2) is 48.4 Å². The Bertz CT molecular complexity index is 937. The minimum Gasteiger partial charge on any atom is -0.494 e. The SMILES string of the molecule is COc1ccc(N2CCN(c3cc(-c4nc(C)no4)ccn3)CC2)cc1F. The van der Waals surface area contributed by atoms with Gasteiger partial charge < -0.3 is 19.1 Å². The fraction of sp³-hybridized carbons (Fsp3) is 0.316. The number of rotatable bonds is 4. The summed E-state index contributed by atoms with van der Waals surface area (Å²) in [6, 6.07) is 8.87. The molecule has 0 atom stereocenters. The number of nitrogens with zero attached hydrogens (tertiary/aromatic N) is 5. The first-order chi connectivity index (χ1) is 13.1. The van der Waals surface area contributed by atoms with E-state index in [1.807, 2.05) is 18.2 Å². The van der Waals surface area contributed by atoms with Crippen LogP contribution in [0.25, 0.3) is 11.5 Å². The lowest BCUT2D eigenvalue weighted by Gasteiger charge is -2.36. The molecule has 0 unspecified atom stereocenters. The molecule has 2 aromatic heterocycles. The summed E-state index contributed by atoms with van der Waals surface area (Å²) in [5.41, 5.74) is 1.70. The zero-order valence-electron chi connectivity index (χ0n) is 15.2. The number of halogens is 1. The number of methoxy groups -OCH3 is 1. The molecule has 0 spiro atoms. The maximum absolute atomic E-state index is 14.0. The van der Waals surface area contributed by atoms with Crippen molar-refractivity contribution in [2.45, 2.75) is 6.92 Å². The predicted octanol–water partition coefficient (Wildman–Crippen LogP) is 2.91. The Morgan fingerprint density at radius 3 is 2.52 bits per heavy atom. The third-order valence-corrected chi connectivity index (χ3v) is 4.62. The molecule has 0 aliphatic carbocycles. The minimum absolute atomic E-state index is 0.259. The number of aromatic nitrogens is 3. The quantitative estimate of drug-likeness (QED) is 0.700. The van der Waals surface area contributed by atoms with E-state index in [4.69, 9.17) is 9.26 Å². The summed E-state index contributed by atoms with van der Waals surface area (Å²) in [6.45, 7) is 4.91. The van der Waals surface area contributed by atoms with Gasteiger partial charge >= 0.3 is 0 Å². The van der Waals surface area contributed by atoms with E-state index in [0.717, 1.165) is 43.2 Å². The first kappa shape index (κ1) is 17.3. The van der Waals surface area contributed by atoms with E-state index in [1.54, 1.807) is 19.2 Å². The van der Waals surface area contributed by atoms with Crippen LogP contribution in [0.5, 0.6) is 5.75 Å². The molecule has 27 heavy (non-hydrogen) atoms. The maximum atomic E-state index is 14.0. The van der Waals surface area contributed by atoms with Gasteiger partial charge in [-0.15, -0.1) is 0 Å². The molecule has 1 aliphatic heterocycles. The number of hydrogen-bond acceptors (Lipinski definition) is 7. The minimum atomic E-state index is -0.346. The summed E-state index contributed by atoms with van der Waals surface area (Å²) in [7, 11) is 1.47. The van der Waals surface area contributed by atoms with Gasteiger partial charge in [0.2, 0.25) is 0 Å². The average molecular weight is 369 g/mol. The van der Waals surface area contributed by atoms with Gasteiger partial charge in [-0.3, -0.25) is 0 Å². The van der Waals surface area contributed by atoms with E-state index in [-0.39, 0.29) is 11.6 Å². The third kappa shape index (κ3) is 3.55. The molecule has 1 aliphatic rings. The molecular weight excluding hydrogens is 349 g/mol. The van der Waals surface area contributed by atoms with Gasteiger partial charge in [0.1, 0.15) is 5.82 Å². The highest BCUT2D eigenvalue weighted by molar-refractivity contribution is 5.59. The van der Waals surface area contributed by atoms with E-state index in [0.29, 0.717) is 11.7 Å². The molecule has 3 aromatic rings. The van der Waals surface area contributed by atoms with Crippen molar-refractivity contribution >= 4 is 11.5 Å². The summed E-state index contributed by atoms with van der Waals surface area (Å²) in [6.07, 6.45) is 1.75. The van der Waals surface area contributed by atoms with Crippen molar-refractivity contribution in [3.05, 3.63) is 48.2 Å². The van der Waals surface area contributed by atoms with Gasteiger partial charge in [-0.25, -0.2) is 9.37 Å². The highest BCUT2D eigenvalue weighted by atomic mass is 19.1. The van der Waals surface area contributed by atoms with Crippen LogP contribution in [0.2, 0.25) is 0 Å². The van der Waals surface area contributed by atoms with Crippen LogP contribution in [0, 0.1) is 12.7 Å². The molecular formula is C19H20FN5O2. The van der Waals surface area contributed by atoms with Crippen molar-refractivity contribution < 1.29 is 13.7 Å². The van der Waals surface area contributed by atoms with Gasteiger partial charge in [0.15, 0.2) is 17.4 Å². The second-order valence-corrected chi connectivity index (χ2v) is 6.34. The number of benzene rings is 1.